The second kappa shape index (κ2) is 5.91. The summed E-state index contributed by atoms with van der Waals surface area (Å²) < 4.78 is 6.78. The molecule has 0 unspecified atom stereocenters. The number of imidazole rings is 1. The Kier molecular flexibility index (Phi) is 4.02. The molecule has 134 valence electrons. The highest BCUT2D eigenvalue weighted by atomic mass is 16.6. The molecule has 1 fully saturated rings. The molecular weight excluding hydrogens is 328 g/mol. The summed E-state index contributed by atoms with van der Waals surface area (Å²) in [7, 11) is 0. The fourth-order valence-corrected chi connectivity index (χ4v) is 2.90. The first-order valence-electron chi connectivity index (χ1n) is 7.98. The van der Waals surface area contributed by atoms with E-state index in [2.05, 4.69) is 9.97 Å². The topological polar surface area (TPSA) is 118 Å². The number of carboxylic acid groups (broad SMARTS) is 1. The summed E-state index contributed by atoms with van der Waals surface area (Å²) in [6.45, 7) is 6.14. The van der Waals surface area contributed by atoms with Crippen molar-refractivity contribution in [2.45, 2.75) is 38.8 Å². The van der Waals surface area contributed by atoms with Crippen LogP contribution in [0.1, 0.15) is 43.7 Å². The normalized spacial score (nSPS) is 17.9. The van der Waals surface area contributed by atoms with Crippen molar-refractivity contribution < 1.29 is 19.4 Å². The molecule has 9 nitrogen and oxygen atoms in total. The minimum atomic E-state index is -1.16. The molecule has 1 amide bonds. The molecular formula is C16H20N4O5. The van der Waals surface area contributed by atoms with Crippen molar-refractivity contribution in [3.8, 4) is 0 Å². The van der Waals surface area contributed by atoms with Crippen molar-refractivity contribution in [1.29, 1.82) is 0 Å². The van der Waals surface area contributed by atoms with Gasteiger partial charge in [-0.25, -0.2) is 19.4 Å². The van der Waals surface area contributed by atoms with Crippen LogP contribution < -0.4 is 5.69 Å². The number of carbonyl (C=O) groups excluding carboxylic acids is 1. The van der Waals surface area contributed by atoms with Crippen molar-refractivity contribution in [1.82, 2.24) is 19.4 Å². The summed E-state index contributed by atoms with van der Waals surface area (Å²) in [4.78, 5) is 43.9. The van der Waals surface area contributed by atoms with E-state index in [0.717, 1.165) is 0 Å². The van der Waals surface area contributed by atoms with E-state index in [1.807, 2.05) is 0 Å². The lowest BCUT2D eigenvalue weighted by molar-refractivity contribution is 0.0289. The van der Waals surface area contributed by atoms with Gasteiger partial charge in [0.25, 0.3) is 0 Å². The number of carboxylic acids is 1. The monoisotopic (exact) mass is 348 g/mol. The molecule has 1 aliphatic heterocycles. The van der Waals surface area contributed by atoms with Crippen LogP contribution in [0.25, 0.3) is 11.2 Å². The van der Waals surface area contributed by atoms with E-state index in [9.17, 15) is 14.4 Å². The highest BCUT2D eigenvalue weighted by molar-refractivity contribution is 5.88. The first-order chi connectivity index (χ1) is 11.7. The maximum atomic E-state index is 12.3. The lowest BCUT2D eigenvalue weighted by atomic mass is 10.2. The second-order valence-corrected chi connectivity index (χ2v) is 7.04. The van der Waals surface area contributed by atoms with Crippen LogP contribution in [0.15, 0.2) is 16.9 Å². The van der Waals surface area contributed by atoms with Gasteiger partial charge < -0.3 is 19.7 Å². The van der Waals surface area contributed by atoms with Crippen LogP contribution in [-0.2, 0) is 4.74 Å². The van der Waals surface area contributed by atoms with Crippen LogP contribution in [0.3, 0.4) is 0 Å². The van der Waals surface area contributed by atoms with Crippen molar-refractivity contribution in [2.24, 2.45) is 0 Å². The van der Waals surface area contributed by atoms with Gasteiger partial charge in [-0.05, 0) is 39.3 Å². The summed E-state index contributed by atoms with van der Waals surface area (Å²) in [6.07, 6.45) is 0.132. The number of nitrogens with one attached hydrogen (secondary N) is 1. The Morgan fingerprint density at radius 1 is 1.36 bits per heavy atom. The Hall–Kier alpha value is -2.84. The molecule has 2 aromatic rings. The third-order valence-electron chi connectivity index (χ3n) is 3.96. The average Bonchev–Trinajstić information content (AvgIpc) is 3.07. The maximum absolute atomic E-state index is 12.3. The fourth-order valence-electron chi connectivity index (χ4n) is 2.90. The van der Waals surface area contributed by atoms with Gasteiger partial charge in [0.15, 0.2) is 11.3 Å². The standard InChI is InChI=1S/C16H20N4O5/c1-16(2,3)25-15(24)19-7-6-9(8-19)20-12-10(18-14(20)23)4-5-11(17-12)13(21)22/h4-5,9H,6-8H2,1-3H3,(H,18,23)(H,21,22)/t9-/m0/s1. The highest BCUT2D eigenvalue weighted by Gasteiger charge is 2.32. The molecule has 1 saturated heterocycles. The molecule has 0 aromatic carbocycles. The molecule has 3 rings (SSSR count). The second-order valence-electron chi connectivity index (χ2n) is 7.04. The van der Waals surface area contributed by atoms with Gasteiger partial charge in [0.2, 0.25) is 0 Å². The molecule has 0 saturated carbocycles. The number of hydrogen-bond donors (Lipinski definition) is 2. The van der Waals surface area contributed by atoms with E-state index in [0.29, 0.717) is 25.0 Å². The number of H-pyrrole nitrogens is 1. The minimum Gasteiger partial charge on any atom is -0.477 e. The lowest BCUT2D eigenvalue weighted by Crippen LogP contribution is -2.36. The number of ether oxygens (including phenoxy) is 1. The number of likely N-dealkylation sites (tertiary alicyclic amines) is 1. The Labute approximate surface area is 143 Å². The molecule has 1 aliphatic rings. The van der Waals surface area contributed by atoms with E-state index < -0.39 is 17.7 Å². The number of aromatic nitrogens is 3. The van der Waals surface area contributed by atoms with Crippen molar-refractivity contribution >= 4 is 23.2 Å². The molecule has 0 bridgehead atoms. The molecule has 25 heavy (non-hydrogen) atoms. The number of aromatic amines is 1. The van der Waals surface area contributed by atoms with Gasteiger partial charge in [-0.3, -0.25) is 4.57 Å². The molecule has 9 heteroatoms. The first-order valence-corrected chi connectivity index (χ1v) is 7.98. The van der Waals surface area contributed by atoms with Crippen LogP contribution in [0.2, 0.25) is 0 Å². The molecule has 0 radical (unpaired) electrons. The highest BCUT2D eigenvalue weighted by Crippen LogP contribution is 2.25. The zero-order valence-corrected chi connectivity index (χ0v) is 14.3. The minimum absolute atomic E-state index is 0.137. The largest absolute Gasteiger partial charge is 0.477 e. The predicted molar refractivity (Wildman–Crippen MR) is 88.8 cm³/mol. The number of nitrogens with zero attached hydrogens (tertiary/aromatic N) is 3. The van der Waals surface area contributed by atoms with Gasteiger partial charge in [0.05, 0.1) is 11.6 Å². The summed E-state index contributed by atoms with van der Waals surface area (Å²) in [6, 6.07) is 2.57. The van der Waals surface area contributed by atoms with Crippen LogP contribution in [0.5, 0.6) is 0 Å². The van der Waals surface area contributed by atoms with Gasteiger partial charge in [-0.1, -0.05) is 0 Å². The first kappa shape index (κ1) is 17.0. The summed E-state index contributed by atoms with van der Waals surface area (Å²) in [5, 5.41) is 9.10. The van der Waals surface area contributed by atoms with Crippen molar-refractivity contribution in [2.75, 3.05) is 13.1 Å². The Balaban J connectivity index is 1.89. The number of pyridine rings is 1. The lowest BCUT2D eigenvalue weighted by Gasteiger charge is -2.24. The zero-order chi connectivity index (χ0) is 18.4. The zero-order valence-electron chi connectivity index (χ0n) is 14.3. The predicted octanol–water partition coefficient (Wildman–Crippen LogP) is 1.60. The van der Waals surface area contributed by atoms with Gasteiger partial charge >= 0.3 is 17.8 Å². The number of carbonyl (C=O) groups is 2. The van der Waals surface area contributed by atoms with Gasteiger partial charge in [0, 0.05) is 13.1 Å². The Morgan fingerprint density at radius 2 is 2.08 bits per heavy atom. The van der Waals surface area contributed by atoms with E-state index >= 15 is 0 Å². The quantitative estimate of drug-likeness (QED) is 0.851. The SMILES string of the molecule is CC(C)(C)OC(=O)N1CC[C@H](n2c(=O)[nH]c3ccc(C(=O)O)nc32)C1. The third-order valence-corrected chi connectivity index (χ3v) is 3.96. The third kappa shape index (κ3) is 3.35. The summed E-state index contributed by atoms with van der Waals surface area (Å²) >= 11 is 0. The molecule has 1 atom stereocenters. The van der Waals surface area contributed by atoms with Gasteiger partial charge in [-0.2, -0.15) is 0 Å². The number of hydrogen-bond acceptors (Lipinski definition) is 5. The molecule has 0 aliphatic carbocycles. The smallest absolute Gasteiger partial charge is 0.410 e. The van der Waals surface area contributed by atoms with Crippen LogP contribution in [0.4, 0.5) is 4.79 Å². The number of aromatic carboxylic acids is 1. The fraction of sp³-hybridized carbons (Fsp3) is 0.500. The number of rotatable bonds is 2. The van der Waals surface area contributed by atoms with E-state index in [4.69, 9.17) is 9.84 Å². The molecule has 2 aromatic heterocycles. The maximum Gasteiger partial charge on any atom is 0.410 e. The van der Waals surface area contributed by atoms with Crippen LogP contribution in [-0.4, -0.2) is 55.3 Å². The summed E-state index contributed by atoms with van der Waals surface area (Å²) in [5.41, 5.74) is -0.361. The average molecular weight is 348 g/mol. The van der Waals surface area contributed by atoms with E-state index in [1.54, 1.807) is 25.7 Å². The number of amides is 1. The van der Waals surface area contributed by atoms with Crippen molar-refractivity contribution in [3.05, 3.63) is 28.3 Å². The molecule has 3 heterocycles. The van der Waals surface area contributed by atoms with Crippen LogP contribution >= 0.6 is 0 Å². The van der Waals surface area contributed by atoms with Crippen molar-refractivity contribution in [3.63, 3.8) is 0 Å². The Morgan fingerprint density at radius 3 is 2.72 bits per heavy atom. The van der Waals surface area contributed by atoms with Gasteiger partial charge in [-0.15, -0.1) is 0 Å². The Bertz CT molecular complexity index is 892. The number of fused-ring (bicyclic) bond motifs is 1. The van der Waals surface area contributed by atoms with E-state index in [1.165, 1.54) is 16.7 Å². The van der Waals surface area contributed by atoms with E-state index in [-0.39, 0.29) is 23.1 Å². The molecule has 2 N–H and O–H groups in total. The summed E-state index contributed by atoms with van der Waals surface area (Å²) in [5.74, 6) is -1.16. The van der Waals surface area contributed by atoms with Crippen LogP contribution in [0, 0.1) is 0 Å². The molecule has 0 spiro atoms. The van der Waals surface area contributed by atoms with Gasteiger partial charge in [0.1, 0.15) is 5.60 Å².